The SMILES string of the molecule is CCCCCCCCCCCCCCCC(CCCCCCCO)S(=O)(=O)O. The third-order valence-electron chi connectivity index (χ3n) is 5.74. The molecule has 5 heteroatoms. The highest BCUT2D eigenvalue weighted by Crippen LogP contribution is 2.19. The van der Waals surface area contributed by atoms with E-state index < -0.39 is 15.4 Å². The van der Waals surface area contributed by atoms with Crippen molar-refractivity contribution in [2.75, 3.05) is 6.61 Å². The zero-order valence-corrected chi connectivity index (χ0v) is 19.4. The summed E-state index contributed by atoms with van der Waals surface area (Å²) >= 11 is 0. The van der Waals surface area contributed by atoms with Gasteiger partial charge in [0, 0.05) is 6.61 Å². The molecular formula is C23H48O4S. The van der Waals surface area contributed by atoms with Gasteiger partial charge in [0.05, 0.1) is 5.25 Å². The number of unbranched alkanes of at least 4 members (excludes halogenated alkanes) is 16. The summed E-state index contributed by atoms with van der Waals surface area (Å²) in [5.41, 5.74) is 0. The molecule has 0 rings (SSSR count). The lowest BCUT2D eigenvalue weighted by atomic mass is 10.0. The molecule has 1 unspecified atom stereocenters. The molecule has 4 nitrogen and oxygen atoms in total. The van der Waals surface area contributed by atoms with Crippen LogP contribution in [-0.4, -0.2) is 29.9 Å². The van der Waals surface area contributed by atoms with Gasteiger partial charge in [0.2, 0.25) is 0 Å². The Morgan fingerprint density at radius 1 is 0.571 bits per heavy atom. The van der Waals surface area contributed by atoms with Crippen LogP contribution in [0.5, 0.6) is 0 Å². The van der Waals surface area contributed by atoms with Crippen molar-refractivity contribution in [1.29, 1.82) is 0 Å². The molecule has 0 amide bonds. The molecule has 0 radical (unpaired) electrons. The van der Waals surface area contributed by atoms with Crippen LogP contribution in [0.3, 0.4) is 0 Å². The standard InChI is InChI=1S/C23H48O4S/c1-2-3-4-5-6-7-8-9-10-11-12-14-17-20-23(28(25,26)27)21-18-15-13-16-19-22-24/h23-24H,2-22H2,1H3,(H,25,26,27). The molecule has 0 fully saturated rings. The third kappa shape index (κ3) is 19.2. The predicted molar refractivity (Wildman–Crippen MR) is 120 cm³/mol. The average Bonchev–Trinajstić information content (AvgIpc) is 2.65. The molecule has 0 saturated carbocycles. The van der Waals surface area contributed by atoms with E-state index in [0.29, 0.717) is 12.8 Å². The van der Waals surface area contributed by atoms with Gasteiger partial charge in [-0.2, -0.15) is 8.42 Å². The van der Waals surface area contributed by atoms with Gasteiger partial charge in [0.25, 0.3) is 10.1 Å². The molecular weight excluding hydrogens is 372 g/mol. The molecule has 28 heavy (non-hydrogen) atoms. The van der Waals surface area contributed by atoms with Crippen molar-refractivity contribution in [3.8, 4) is 0 Å². The summed E-state index contributed by atoms with van der Waals surface area (Å²) in [6, 6.07) is 0. The van der Waals surface area contributed by atoms with Crippen molar-refractivity contribution in [1.82, 2.24) is 0 Å². The van der Waals surface area contributed by atoms with Crippen LogP contribution in [-0.2, 0) is 10.1 Å². The summed E-state index contributed by atoms with van der Waals surface area (Å²) in [6.45, 7) is 2.48. The second kappa shape index (κ2) is 20.2. The van der Waals surface area contributed by atoms with Crippen LogP contribution in [0.15, 0.2) is 0 Å². The van der Waals surface area contributed by atoms with Gasteiger partial charge in [-0.3, -0.25) is 4.55 Å². The first-order valence-electron chi connectivity index (χ1n) is 12.1. The number of aliphatic hydroxyl groups excluding tert-OH is 1. The smallest absolute Gasteiger partial charge is 0.267 e. The van der Waals surface area contributed by atoms with Crippen molar-refractivity contribution >= 4 is 10.1 Å². The molecule has 0 aromatic carbocycles. The Balaban J connectivity index is 3.57. The van der Waals surface area contributed by atoms with Crippen LogP contribution in [0.1, 0.15) is 135 Å². The van der Waals surface area contributed by atoms with Crippen molar-refractivity contribution in [3.63, 3.8) is 0 Å². The Hall–Kier alpha value is -0.130. The van der Waals surface area contributed by atoms with E-state index in [1.807, 2.05) is 0 Å². The summed E-state index contributed by atoms with van der Waals surface area (Å²) in [6.07, 6.45) is 22.4. The van der Waals surface area contributed by atoms with Crippen molar-refractivity contribution < 1.29 is 18.1 Å². The monoisotopic (exact) mass is 420 g/mol. The van der Waals surface area contributed by atoms with Gasteiger partial charge in [0.15, 0.2) is 0 Å². The van der Waals surface area contributed by atoms with E-state index in [-0.39, 0.29) is 6.61 Å². The van der Waals surface area contributed by atoms with Crippen molar-refractivity contribution in [2.24, 2.45) is 0 Å². The number of hydrogen-bond donors (Lipinski definition) is 2. The van der Waals surface area contributed by atoms with E-state index in [4.69, 9.17) is 5.11 Å². The van der Waals surface area contributed by atoms with E-state index >= 15 is 0 Å². The molecule has 0 aromatic rings. The largest absolute Gasteiger partial charge is 0.396 e. The maximum absolute atomic E-state index is 11.6. The molecule has 0 saturated heterocycles. The summed E-state index contributed by atoms with van der Waals surface area (Å²) in [4.78, 5) is 0. The Morgan fingerprint density at radius 2 is 0.893 bits per heavy atom. The first kappa shape index (κ1) is 27.9. The zero-order valence-electron chi connectivity index (χ0n) is 18.5. The summed E-state index contributed by atoms with van der Waals surface area (Å²) in [5, 5.41) is 8.17. The second-order valence-corrected chi connectivity index (χ2v) is 10.1. The third-order valence-corrected chi connectivity index (χ3v) is 7.05. The normalized spacial score (nSPS) is 13.1. The van der Waals surface area contributed by atoms with E-state index in [0.717, 1.165) is 44.9 Å². The molecule has 0 bridgehead atoms. The molecule has 2 N–H and O–H groups in total. The lowest BCUT2D eigenvalue weighted by Gasteiger charge is -2.13. The quantitative estimate of drug-likeness (QED) is 0.145. The minimum Gasteiger partial charge on any atom is -0.396 e. The summed E-state index contributed by atoms with van der Waals surface area (Å²) < 4.78 is 32.6. The fourth-order valence-electron chi connectivity index (χ4n) is 3.85. The van der Waals surface area contributed by atoms with Crippen LogP contribution in [0.25, 0.3) is 0 Å². The molecule has 0 aromatic heterocycles. The summed E-state index contributed by atoms with van der Waals surface area (Å²) in [5.74, 6) is 0. The Bertz CT molecular complexity index is 409. The topological polar surface area (TPSA) is 74.6 Å². The maximum atomic E-state index is 11.6. The van der Waals surface area contributed by atoms with Crippen LogP contribution in [0.2, 0.25) is 0 Å². The molecule has 170 valence electrons. The van der Waals surface area contributed by atoms with Gasteiger partial charge in [-0.25, -0.2) is 0 Å². The van der Waals surface area contributed by atoms with Crippen LogP contribution < -0.4 is 0 Å². The number of aliphatic hydroxyl groups is 1. The lowest BCUT2D eigenvalue weighted by molar-refractivity contribution is 0.282. The second-order valence-electron chi connectivity index (χ2n) is 8.45. The fourth-order valence-corrected chi connectivity index (χ4v) is 4.78. The average molecular weight is 421 g/mol. The first-order chi connectivity index (χ1) is 13.5. The molecule has 0 spiro atoms. The minimum absolute atomic E-state index is 0.229. The molecule has 0 aliphatic heterocycles. The highest BCUT2D eigenvalue weighted by molar-refractivity contribution is 7.86. The van der Waals surface area contributed by atoms with Gasteiger partial charge >= 0.3 is 0 Å². The highest BCUT2D eigenvalue weighted by atomic mass is 32.2. The van der Waals surface area contributed by atoms with E-state index in [1.54, 1.807) is 0 Å². The fraction of sp³-hybridized carbons (Fsp3) is 1.00. The maximum Gasteiger partial charge on any atom is 0.267 e. The molecule has 1 atom stereocenters. The Labute approximate surface area is 175 Å². The van der Waals surface area contributed by atoms with E-state index in [1.165, 1.54) is 70.6 Å². The predicted octanol–water partition coefficient (Wildman–Crippen LogP) is 7.06. The van der Waals surface area contributed by atoms with Crippen molar-refractivity contribution in [2.45, 2.75) is 141 Å². The Kier molecular flexibility index (Phi) is 20.1. The van der Waals surface area contributed by atoms with Crippen LogP contribution >= 0.6 is 0 Å². The molecule has 0 heterocycles. The Morgan fingerprint density at radius 3 is 1.21 bits per heavy atom. The zero-order chi connectivity index (χ0) is 20.9. The number of rotatable bonds is 22. The van der Waals surface area contributed by atoms with E-state index in [9.17, 15) is 13.0 Å². The van der Waals surface area contributed by atoms with Gasteiger partial charge in [-0.05, 0) is 19.3 Å². The number of hydrogen-bond acceptors (Lipinski definition) is 3. The summed E-state index contributed by atoms with van der Waals surface area (Å²) in [7, 11) is -3.92. The molecule has 0 aliphatic carbocycles. The van der Waals surface area contributed by atoms with Gasteiger partial charge in [-0.1, -0.05) is 116 Å². The highest BCUT2D eigenvalue weighted by Gasteiger charge is 2.21. The van der Waals surface area contributed by atoms with Crippen LogP contribution in [0, 0.1) is 0 Å². The van der Waals surface area contributed by atoms with Crippen molar-refractivity contribution in [3.05, 3.63) is 0 Å². The van der Waals surface area contributed by atoms with Gasteiger partial charge < -0.3 is 5.11 Å². The molecule has 0 aliphatic rings. The first-order valence-corrected chi connectivity index (χ1v) is 13.6. The van der Waals surface area contributed by atoms with Gasteiger partial charge in [-0.15, -0.1) is 0 Å². The lowest BCUT2D eigenvalue weighted by Crippen LogP contribution is -2.20. The minimum atomic E-state index is -3.92. The van der Waals surface area contributed by atoms with E-state index in [2.05, 4.69) is 6.92 Å². The van der Waals surface area contributed by atoms with Gasteiger partial charge in [0.1, 0.15) is 0 Å². The van der Waals surface area contributed by atoms with Crippen LogP contribution in [0.4, 0.5) is 0 Å².